The van der Waals surface area contributed by atoms with Gasteiger partial charge in [-0.25, -0.2) is 0 Å². The first kappa shape index (κ1) is 13.7. The zero-order chi connectivity index (χ0) is 14.5. The molecule has 0 aliphatic carbocycles. The number of hydrogen-bond acceptors (Lipinski definition) is 0. The second-order valence-corrected chi connectivity index (χ2v) is 5.31. The Balaban J connectivity index is 1.77. The highest BCUT2D eigenvalue weighted by molar-refractivity contribution is 6.30. The van der Waals surface area contributed by atoms with Crippen LogP contribution in [0.15, 0.2) is 78.9 Å². The number of benzene rings is 3. The maximum Gasteiger partial charge on any atom is 0.0406 e. The van der Waals surface area contributed by atoms with E-state index in [0.717, 1.165) is 10.6 Å². The molecule has 0 atom stereocenters. The SMILES string of the molecule is Clc1ccc(/C=C\c2ccc(-c3ccccc3)cc2)cc1. The average molecular weight is 291 g/mol. The molecule has 0 saturated carbocycles. The molecule has 0 nitrogen and oxygen atoms in total. The van der Waals surface area contributed by atoms with Crippen LogP contribution in [0.2, 0.25) is 5.02 Å². The van der Waals surface area contributed by atoms with Gasteiger partial charge in [-0.3, -0.25) is 0 Å². The summed E-state index contributed by atoms with van der Waals surface area (Å²) in [5.74, 6) is 0. The van der Waals surface area contributed by atoms with E-state index in [1.54, 1.807) is 0 Å². The van der Waals surface area contributed by atoms with Gasteiger partial charge in [0.1, 0.15) is 0 Å². The Morgan fingerprint density at radius 2 is 1.00 bits per heavy atom. The number of halogens is 1. The Morgan fingerprint density at radius 1 is 0.524 bits per heavy atom. The van der Waals surface area contributed by atoms with E-state index in [9.17, 15) is 0 Å². The van der Waals surface area contributed by atoms with Crippen LogP contribution in [0.5, 0.6) is 0 Å². The van der Waals surface area contributed by atoms with Crippen molar-refractivity contribution in [2.24, 2.45) is 0 Å². The minimum atomic E-state index is 0.763. The monoisotopic (exact) mass is 290 g/mol. The first-order chi connectivity index (χ1) is 10.3. The third kappa shape index (κ3) is 3.62. The molecule has 1 heteroatoms. The molecule has 3 aromatic rings. The lowest BCUT2D eigenvalue weighted by atomic mass is 10.0. The van der Waals surface area contributed by atoms with Crippen molar-refractivity contribution in [2.75, 3.05) is 0 Å². The Hall–Kier alpha value is -2.31. The summed E-state index contributed by atoms with van der Waals surface area (Å²) in [5.41, 5.74) is 4.81. The molecule has 102 valence electrons. The van der Waals surface area contributed by atoms with Gasteiger partial charge in [0.15, 0.2) is 0 Å². The van der Waals surface area contributed by atoms with Crippen LogP contribution in [0, 0.1) is 0 Å². The molecular weight excluding hydrogens is 276 g/mol. The molecule has 3 rings (SSSR count). The summed E-state index contributed by atoms with van der Waals surface area (Å²) in [7, 11) is 0. The fourth-order valence-electron chi connectivity index (χ4n) is 2.18. The van der Waals surface area contributed by atoms with Crippen LogP contribution in [0.25, 0.3) is 23.3 Å². The molecular formula is C20H15Cl. The van der Waals surface area contributed by atoms with Crippen molar-refractivity contribution in [3.8, 4) is 11.1 Å². The van der Waals surface area contributed by atoms with Crippen molar-refractivity contribution in [1.29, 1.82) is 0 Å². The second-order valence-electron chi connectivity index (χ2n) is 4.87. The van der Waals surface area contributed by atoms with Crippen molar-refractivity contribution < 1.29 is 0 Å². The molecule has 3 aromatic carbocycles. The summed E-state index contributed by atoms with van der Waals surface area (Å²) in [6, 6.07) is 26.8. The molecule has 0 heterocycles. The van der Waals surface area contributed by atoms with Crippen molar-refractivity contribution >= 4 is 23.8 Å². The molecule has 0 radical (unpaired) electrons. The molecule has 0 spiro atoms. The molecule has 0 fully saturated rings. The van der Waals surface area contributed by atoms with E-state index in [-0.39, 0.29) is 0 Å². The van der Waals surface area contributed by atoms with Gasteiger partial charge in [0, 0.05) is 5.02 Å². The Labute approximate surface area is 130 Å². The van der Waals surface area contributed by atoms with Crippen LogP contribution in [-0.4, -0.2) is 0 Å². The van der Waals surface area contributed by atoms with E-state index in [1.807, 2.05) is 30.3 Å². The predicted octanol–water partition coefficient (Wildman–Crippen LogP) is 6.18. The smallest absolute Gasteiger partial charge is 0.0406 e. The summed E-state index contributed by atoms with van der Waals surface area (Å²) in [6.07, 6.45) is 4.20. The third-order valence-corrected chi connectivity index (χ3v) is 3.61. The van der Waals surface area contributed by atoms with Crippen molar-refractivity contribution in [3.05, 3.63) is 95.0 Å². The minimum Gasteiger partial charge on any atom is -0.0843 e. The van der Waals surface area contributed by atoms with Gasteiger partial charge in [-0.15, -0.1) is 0 Å². The molecule has 0 amide bonds. The highest BCUT2D eigenvalue weighted by Gasteiger charge is 1.95. The summed E-state index contributed by atoms with van der Waals surface area (Å²) in [4.78, 5) is 0. The van der Waals surface area contributed by atoms with Crippen LogP contribution < -0.4 is 0 Å². The fraction of sp³-hybridized carbons (Fsp3) is 0. The van der Waals surface area contributed by atoms with Crippen molar-refractivity contribution in [2.45, 2.75) is 0 Å². The Morgan fingerprint density at radius 3 is 1.57 bits per heavy atom. The summed E-state index contributed by atoms with van der Waals surface area (Å²) in [5, 5.41) is 0.763. The normalized spacial score (nSPS) is 10.9. The molecule has 0 N–H and O–H groups in total. The third-order valence-electron chi connectivity index (χ3n) is 3.36. The topological polar surface area (TPSA) is 0 Å². The largest absolute Gasteiger partial charge is 0.0843 e. The van der Waals surface area contributed by atoms with Gasteiger partial charge < -0.3 is 0 Å². The van der Waals surface area contributed by atoms with E-state index in [1.165, 1.54) is 16.7 Å². The van der Waals surface area contributed by atoms with Crippen LogP contribution in [0.1, 0.15) is 11.1 Å². The van der Waals surface area contributed by atoms with Gasteiger partial charge in [-0.05, 0) is 34.4 Å². The molecule has 0 saturated heterocycles. The molecule has 0 unspecified atom stereocenters. The standard InChI is InChI=1S/C20H15Cl/c21-20-14-10-17(11-15-20)7-6-16-8-12-19(13-9-16)18-4-2-1-3-5-18/h1-15H/b7-6-. The van der Waals surface area contributed by atoms with Crippen molar-refractivity contribution in [3.63, 3.8) is 0 Å². The molecule has 0 bridgehead atoms. The second kappa shape index (κ2) is 6.43. The summed E-state index contributed by atoms with van der Waals surface area (Å²) >= 11 is 5.88. The summed E-state index contributed by atoms with van der Waals surface area (Å²) < 4.78 is 0. The summed E-state index contributed by atoms with van der Waals surface area (Å²) in [6.45, 7) is 0. The van der Waals surface area contributed by atoms with Crippen LogP contribution >= 0.6 is 11.6 Å². The van der Waals surface area contributed by atoms with Gasteiger partial charge in [-0.1, -0.05) is 90.5 Å². The molecule has 21 heavy (non-hydrogen) atoms. The van der Waals surface area contributed by atoms with Gasteiger partial charge in [0.2, 0.25) is 0 Å². The number of rotatable bonds is 3. The van der Waals surface area contributed by atoms with Gasteiger partial charge in [-0.2, -0.15) is 0 Å². The quantitative estimate of drug-likeness (QED) is 0.505. The van der Waals surface area contributed by atoms with Gasteiger partial charge in [0.05, 0.1) is 0 Å². The first-order valence-electron chi connectivity index (χ1n) is 6.90. The fourth-order valence-corrected chi connectivity index (χ4v) is 2.31. The maximum absolute atomic E-state index is 5.88. The zero-order valence-electron chi connectivity index (χ0n) is 11.5. The lowest BCUT2D eigenvalue weighted by Crippen LogP contribution is -1.78. The van der Waals surface area contributed by atoms with Gasteiger partial charge >= 0.3 is 0 Å². The van der Waals surface area contributed by atoms with E-state index < -0.39 is 0 Å². The molecule has 0 aliphatic heterocycles. The van der Waals surface area contributed by atoms with Crippen LogP contribution in [0.4, 0.5) is 0 Å². The Kier molecular flexibility index (Phi) is 4.18. The predicted molar refractivity (Wildman–Crippen MR) is 92.3 cm³/mol. The van der Waals surface area contributed by atoms with Crippen LogP contribution in [-0.2, 0) is 0 Å². The minimum absolute atomic E-state index is 0.763. The number of hydrogen-bond donors (Lipinski definition) is 0. The highest BCUT2D eigenvalue weighted by atomic mass is 35.5. The highest BCUT2D eigenvalue weighted by Crippen LogP contribution is 2.20. The van der Waals surface area contributed by atoms with E-state index in [0.29, 0.717) is 0 Å². The van der Waals surface area contributed by atoms with E-state index in [4.69, 9.17) is 11.6 Å². The van der Waals surface area contributed by atoms with Gasteiger partial charge in [0.25, 0.3) is 0 Å². The molecule has 0 aromatic heterocycles. The van der Waals surface area contributed by atoms with Crippen LogP contribution in [0.3, 0.4) is 0 Å². The first-order valence-corrected chi connectivity index (χ1v) is 7.28. The van der Waals surface area contributed by atoms with E-state index >= 15 is 0 Å². The van der Waals surface area contributed by atoms with E-state index in [2.05, 4.69) is 60.7 Å². The maximum atomic E-state index is 5.88. The molecule has 0 aliphatic rings. The zero-order valence-corrected chi connectivity index (χ0v) is 12.3. The Bertz CT molecular complexity index is 723. The average Bonchev–Trinajstić information content (AvgIpc) is 2.56. The van der Waals surface area contributed by atoms with Crippen molar-refractivity contribution in [1.82, 2.24) is 0 Å². The lowest BCUT2D eigenvalue weighted by Gasteiger charge is -2.02. The lowest BCUT2D eigenvalue weighted by molar-refractivity contribution is 1.60.